The van der Waals surface area contributed by atoms with Crippen LogP contribution in [0.15, 0.2) is 23.8 Å². The van der Waals surface area contributed by atoms with Crippen LogP contribution < -0.4 is 0 Å². The van der Waals surface area contributed by atoms with Crippen molar-refractivity contribution in [3.05, 3.63) is 23.8 Å². The number of rotatable bonds is 15. The Morgan fingerprint density at radius 1 is 1.06 bits per heavy atom. The molecule has 5 atom stereocenters. The summed E-state index contributed by atoms with van der Waals surface area (Å²) in [6.07, 6.45) is 16.1. The molecule has 6 heteroatoms. The zero-order valence-corrected chi connectivity index (χ0v) is 21.3. The lowest BCUT2D eigenvalue weighted by Crippen LogP contribution is -2.47. The molecule has 0 aromatic heterocycles. The van der Waals surface area contributed by atoms with Crippen LogP contribution in [-0.4, -0.2) is 47.1 Å². The number of aliphatic hydroxyl groups excluding tert-OH is 1. The molecule has 1 saturated carbocycles. The van der Waals surface area contributed by atoms with Crippen molar-refractivity contribution in [3.63, 3.8) is 0 Å². The second-order valence-electron chi connectivity index (χ2n) is 9.84. The molecule has 1 rings (SSSR count). The van der Waals surface area contributed by atoms with Crippen molar-refractivity contribution < 1.29 is 29.3 Å². The molecule has 2 N–H and O–H groups in total. The number of carbonyl (C=O) groups excluding carboxylic acids is 2. The zero-order valence-electron chi connectivity index (χ0n) is 21.3. The fourth-order valence-corrected chi connectivity index (χ4v) is 4.65. The summed E-state index contributed by atoms with van der Waals surface area (Å²) in [5.74, 6) is -0.414. The lowest BCUT2D eigenvalue weighted by molar-refractivity contribution is -0.172. The van der Waals surface area contributed by atoms with Crippen LogP contribution in [0.5, 0.6) is 0 Å². The van der Waals surface area contributed by atoms with Gasteiger partial charge in [-0.1, -0.05) is 43.1 Å². The third kappa shape index (κ3) is 10.9. The van der Waals surface area contributed by atoms with Crippen molar-refractivity contribution in [2.75, 3.05) is 7.11 Å². The second-order valence-corrected chi connectivity index (χ2v) is 9.84. The van der Waals surface area contributed by atoms with Crippen LogP contribution in [0.1, 0.15) is 98.3 Å². The Balaban J connectivity index is 2.50. The average molecular weight is 467 g/mol. The first-order valence-electron chi connectivity index (χ1n) is 12.6. The Morgan fingerprint density at radius 3 is 2.39 bits per heavy atom. The van der Waals surface area contributed by atoms with Gasteiger partial charge in [-0.15, -0.1) is 0 Å². The van der Waals surface area contributed by atoms with E-state index in [0.29, 0.717) is 18.8 Å². The summed E-state index contributed by atoms with van der Waals surface area (Å²) in [7, 11) is 1.19. The number of methoxy groups -OCH3 is 1. The Bertz CT molecular complexity index is 647. The van der Waals surface area contributed by atoms with Gasteiger partial charge in [-0.2, -0.15) is 0 Å². The number of unbranched alkanes of at least 4 members (excludes halogenated alkanes) is 5. The van der Waals surface area contributed by atoms with E-state index in [-0.39, 0.29) is 18.0 Å². The molecule has 0 aromatic rings. The van der Waals surface area contributed by atoms with E-state index in [1.54, 1.807) is 0 Å². The van der Waals surface area contributed by atoms with Crippen molar-refractivity contribution in [1.29, 1.82) is 0 Å². The van der Waals surface area contributed by atoms with Crippen molar-refractivity contribution in [1.82, 2.24) is 0 Å². The Hall–Kier alpha value is -1.66. The van der Waals surface area contributed by atoms with Crippen LogP contribution in [0.25, 0.3) is 0 Å². The summed E-state index contributed by atoms with van der Waals surface area (Å²) >= 11 is 0. The van der Waals surface area contributed by atoms with Crippen LogP contribution in [0.4, 0.5) is 0 Å². The van der Waals surface area contributed by atoms with Gasteiger partial charge in [-0.05, 0) is 78.1 Å². The van der Waals surface area contributed by atoms with E-state index >= 15 is 0 Å². The number of hydrogen-bond donors (Lipinski definition) is 2. The summed E-state index contributed by atoms with van der Waals surface area (Å²) in [5.41, 5.74) is -0.521. The molecule has 0 spiro atoms. The summed E-state index contributed by atoms with van der Waals surface area (Å²) in [6, 6.07) is 0. The van der Waals surface area contributed by atoms with E-state index in [1.807, 2.05) is 0 Å². The molecule has 0 bridgehead atoms. The molecular weight excluding hydrogens is 420 g/mol. The summed E-state index contributed by atoms with van der Waals surface area (Å²) in [6.45, 7) is 7.01. The lowest BCUT2D eigenvalue weighted by atomic mass is 9.87. The summed E-state index contributed by atoms with van der Waals surface area (Å²) < 4.78 is 10.2. The van der Waals surface area contributed by atoms with Crippen LogP contribution in [0.3, 0.4) is 0 Å². The topological polar surface area (TPSA) is 93.1 Å². The standard InChI is InChI=1S/C27H46O6/c1-20(2)14-10-8-6-7-9-11-15-22-18-19-24(33-21(3)28)23(22)16-12-13-17-25(29)27(4,31)26(30)32-5/h11,14-15,22-25,29,31H,6-10,12-13,16-19H2,1-5H3/b15-11+/t22-,23+,24+,25?,27?/m0/s1. The fraction of sp³-hybridized carbons (Fsp3) is 0.778. The zero-order chi connectivity index (χ0) is 24.9. The highest BCUT2D eigenvalue weighted by Gasteiger charge is 2.39. The number of carbonyl (C=O) groups is 2. The molecule has 6 nitrogen and oxygen atoms in total. The second kappa shape index (κ2) is 15.3. The normalized spacial score (nSPS) is 23.2. The SMILES string of the molecule is COC(=O)C(C)(O)C(O)CCCC[C@@H]1[C@@H](/C=C/CCCCCC=C(C)C)CC[C@H]1OC(C)=O. The van der Waals surface area contributed by atoms with E-state index in [4.69, 9.17) is 4.74 Å². The third-order valence-electron chi connectivity index (χ3n) is 6.65. The van der Waals surface area contributed by atoms with Crippen LogP contribution in [0.2, 0.25) is 0 Å². The molecule has 1 aliphatic rings. The first-order valence-corrected chi connectivity index (χ1v) is 12.6. The van der Waals surface area contributed by atoms with Gasteiger partial charge in [-0.25, -0.2) is 4.79 Å². The van der Waals surface area contributed by atoms with Gasteiger partial charge in [0.1, 0.15) is 6.10 Å². The minimum absolute atomic E-state index is 0.0654. The lowest BCUT2D eigenvalue weighted by Gasteiger charge is -2.27. The van der Waals surface area contributed by atoms with Crippen LogP contribution in [0, 0.1) is 11.8 Å². The molecular formula is C27H46O6. The number of hydrogen-bond acceptors (Lipinski definition) is 6. The van der Waals surface area contributed by atoms with Gasteiger partial charge in [0, 0.05) is 12.8 Å². The molecule has 0 radical (unpaired) electrons. The highest BCUT2D eigenvalue weighted by molar-refractivity contribution is 5.79. The number of esters is 2. The predicted octanol–water partition coefficient (Wildman–Crippen LogP) is 5.26. The Kier molecular flexibility index (Phi) is 13.6. The van der Waals surface area contributed by atoms with Gasteiger partial charge >= 0.3 is 11.9 Å². The van der Waals surface area contributed by atoms with Crippen molar-refractivity contribution in [2.45, 2.75) is 116 Å². The molecule has 190 valence electrons. The number of allylic oxidation sites excluding steroid dienone is 4. The molecule has 0 aromatic carbocycles. The molecule has 0 amide bonds. The van der Waals surface area contributed by atoms with Gasteiger partial charge < -0.3 is 19.7 Å². The predicted molar refractivity (Wildman–Crippen MR) is 131 cm³/mol. The minimum atomic E-state index is -1.90. The minimum Gasteiger partial charge on any atom is -0.467 e. The maximum atomic E-state index is 11.6. The molecule has 1 fully saturated rings. The molecule has 1 aliphatic carbocycles. The monoisotopic (exact) mass is 466 g/mol. The molecule has 33 heavy (non-hydrogen) atoms. The molecule has 0 heterocycles. The quantitative estimate of drug-likeness (QED) is 0.194. The molecule has 0 saturated heterocycles. The van der Waals surface area contributed by atoms with Crippen molar-refractivity contribution >= 4 is 11.9 Å². The van der Waals surface area contributed by atoms with E-state index in [9.17, 15) is 19.8 Å². The maximum absolute atomic E-state index is 11.6. The summed E-state index contributed by atoms with van der Waals surface area (Å²) in [5, 5.41) is 20.4. The van der Waals surface area contributed by atoms with Crippen molar-refractivity contribution in [2.24, 2.45) is 11.8 Å². The van der Waals surface area contributed by atoms with Gasteiger partial charge in [0.05, 0.1) is 13.2 Å². The summed E-state index contributed by atoms with van der Waals surface area (Å²) in [4.78, 5) is 23.2. The Morgan fingerprint density at radius 2 is 1.76 bits per heavy atom. The highest BCUT2D eigenvalue weighted by atomic mass is 16.5. The van der Waals surface area contributed by atoms with Gasteiger partial charge in [0.15, 0.2) is 5.60 Å². The molecule has 2 unspecified atom stereocenters. The Labute approximate surface area is 200 Å². The fourth-order valence-electron chi connectivity index (χ4n) is 4.65. The first-order chi connectivity index (χ1) is 15.6. The average Bonchev–Trinajstić information content (AvgIpc) is 3.12. The van der Waals surface area contributed by atoms with Gasteiger partial charge in [-0.3, -0.25) is 4.79 Å². The number of ether oxygens (including phenoxy) is 2. The maximum Gasteiger partial charge on any atom is 0.340 e. The largest absolute Gasteiger partial charge is 0.467 e. The van der Waals surface area contributed by atoms with Gasteiger partial charge in [0.2, 0.25) is 0 Å². The van der Waals surface area contributed by atoms with Gasteiger partial charge in [0.25, 0.3) is 0 Å². The third-order valence-corrected chi connectivity index (χ3v) is 6.65. The highest BCUT2D eigenvalue weighted by Crippen LogP contribution is 2.39. The van der Waals surface area contributed by atoms with Crippen LogP contribution in [-0.2, 0) is 19.1 Å². The van der Waals surface area contributed by atoms with E-state index in [2.05, 4.69) is 36.8 Å². The number of aliphatic hydroxyl groups is 2. The first kappa shape index (κ1) is 29.4. The van der Waals surface area contributed by atoms with Crippen LogP contribution >= 0.6 is 0 Å². The smallest absolute Gasteiger partial charge is 0.340 e. The van der Waals surface area contributed by atoms with E-state index in [0.717, 1.165) is 38.5 Å². The van der Waals surface area contributed by atoms with E-state index in [1.165, 1.54) is 45.8 Å². The van der Waals surface area contributed by atoms with Crippen molar-refractivity contribution in [3.8, 4) is 0 Å². The van der Waals surface area contributed by atoms with E-state index < -0.39 is 17.7 Å². The molecule has 0 aliphatic heterocycles.